The van der Waals surface area contributed by atoms with Gasteiger partial charge in [-0.25, -0.2) is 0 Å². The van der Waals surface area contributed by atoms with Gasteiger partial charge in [-0.1, -0.05) is 44.7 Å². The number of carbonyl (C=O) groups excluding carboxylic acids is 2. The van der Waals surface area contributed by atoms with Gasteiger partial charge in [0.1, 0.15) is 0 Å². The molecule has 1 aliphatic carbocycles. The first-order valence-corrected chi connectivity index (χ1v) is 8.73. The molecule has 0 saturated heterocycles. The zero-order valence-corrected chi connectivity index (χ0v) is 14.6. The van der Waals surface area contributed by atoms with Gasteiger partial charge in [0, 0.05) is 18.0 Å². The van der Waals surface area contributed by atoms with Gasteiger partial charge >= 0.3 is 0 Å². The van der Waals surface area contributed by atoms with E-state index < -0.39 is 0 Å². The van der Waals surface area contributed by atoms with Crippen LogP contribution >= 0.6 is 11.6 Å². The van der Waals surface area contributed by atoms with E-state index in [0.29, 0.717) is 28.7 Å². The van der Waals surface area contributed by atoms with Crippen LogP contribution in [-0.4, -0.2) is 18.4 Å². The van der Waals surface area contributed by atoms with E-state index in [0.717, 1.165) is 25.7 Å². The summed E-state index contributed by atoms with van der Waals surface area (Å²) >= 11 is 6.16. The van der Waals surface area contributed by atoms with Crippen molar-refractivity contribution in [2.24, 2.45) is 11.8 Å². The molecule has 126 valence electrons. The second-order valence-electron chi connectivity index (χ2n) is 6.62. The van der Waals surface area contributed by atoms with E-state index in [4.69, 9.17) is 11.6 Å². The van der Waals surface area contributed by atoms with E-state index in [1.54, 1.807) is 18.2 Å². The maximum atomic E-state index is 12.3. The van der Waals surface area contributed by atoms with E-state index in [2.05, 4.69) is 10.6 Å². The molecule has 1 saturated carbocycles. The highest BCUT2D eigenvalue weighted by Crippen LogP contribution is 2.28. The predicted octanol–water partition coefficient (Wildman–Crippen LogP) is 4.24. The number of hydrogen-bond acceptors (Lipinski definition) is 2. The van der Waals surface area contributed by atoms with E-state index in [1.165, 1.54) is 6.42 Å². The van der Waals surface area contributed by atoms with Crippen LogP contribution in [-0.2, 0) is 4.79 Å². The summed E-state index contributed by atoms with van der Waals surface area (Å²) < 4.78 is 0. The van der Waals surface area contributed by atoms with Gasteiger partial charge in [-0.3, -0.25) is 9.59 Å². The molecule has 0 aliphatic heterocycles. The minimum Gasteiger partial charge on any atom is -0.352 e. The SMILES string of the molecule is CC(C)CNC(=O)c1ccc(Cl)c(NC(=O)C2CCCCC2)c1. The van der Waals surface area contributed by atoms with Crippen LogP contribution in [0.3, 0.4) is 0 Å². The van der Waals surface area contributed by atoms with E-state index in [9.17, 15) is 9.59 Å². The van der Waals surface area contributed by atoms with Crippen molar-refractivity contribution in [3.05, 3.63) is 28.8 Å². The molecule has 0 unspecified atom stereocenters. The van der Waals surface area contributed by atoms with Crippen molar-refractivity contribution in [2.75, 3.05) is 11.9 Å². The molecule has 1 aromatic carbocycles. The zero-order chi connectivity index (χ0) is 16.8. The summed E-state index contributed by atoms with van der Waals surface area (Å²) in [6, 6.07) is 4.98. The van der Waals surface area contributed by atoms with Crippen LogP contribution in [0.4, 0.5) is 5.69 Å². The molecular formula is C18H25ClN2O2. The lowest BCUT2D eigenvalue weighted by atomic mass is 9.88. The summed E-state index contributed by atoms with van der Waals surface area (Å²) in [4.78, 5) is 24.5. The zero-order valence-electron chi connectivity index (χ0n) is 13.8. The van der Waals surface area contributed by atoms with Crippen molar-refractivity contribution in [1.29, 1.82) is 0 Å². The maximum absolute atomic E-state index is 12.3. The average molecular weight is 337 g/mol. The molecular weight excluding hydrogens is 312 g/mol. The third kappa shape index (κ3) is 5.24. The normalized spacial score (nSPS) is 15.5. The monoisotopic (exact) mass is 336 g/mol. The Morgan fingerprint density at radius 2 is 1.91 bits per heavy atom. The van der Waals surface area contributed by atoms with Crippen LogP contribution in [0.25, 0.3) is 0 Å². The average Bonchev–Trinajstić information content (AvgIpc) is 2.55. The Morgan fingerprint density at radius 1 is 1.22 bits per heavy atom. The molecule has 1 fully saturated rings. The number of anilines is 1. The minimum atomic E-state index is -0.150. The van der Waals surface area contributed by atoms with E-state index in [1.807, 2.05) is 13.8 Å². The Labute approximate surface area is 143 Å². The molecule has 23 heavy (non-hydrogen) atoms. The molecule has 0 spiro atoms. The third-order valence-electron chi connectivity index (χ3n) is 4.13. The molecule has 1 aliphatic rings. The van der Waals surface area contributed by atoms with Crippen molar-refractivity contribution < 1.29 is 9.59 Å². The highest BCUT2D eigenvalue weighted by atomic mass is 35.5. The largest absolute Gasteiger partial charge is 0.352 e. The lowest BCUT2D eigenvalue weighted by Gasteiger charge is -2.21. The standard InChI is InChI=1S/C18H25ClN2O2/c1-12(2)11-20-17(22)14-8-9-15(19)16(10-14)21-18(23)13-6-4-3-5-7-13/h8-10,12-13H,3-7,11H2,1-2H3,(H,20,22)(H,21,23). The lowest BCUT2D eigenvalue weighted by molar-refractivity contribution is -0.120. The highest BCUT2D eigenvalue weighted by Gasteiger charge is 2.22. The minimum absolute atomic E-state index is 0.00587. The Hall–Kier alpha value is -1.55. The second kappa shape index (κ2) is 8.34. The van der Waals surface area contributed by atoms with Crippen molar-refractivity contribution in [3.63, 3.8) is 0 Å². The number of benzene rings is 1. The molecule has 2 amide bonds. The number of amides is 2. The molecule has 0 heterocycles. The number of hydrogen-bond donors (Lipinski definition) is 2. The van der Waals surface area contributed by atoms with Gasteiger partial charge in [0.15, 0.2) is 0 Å². The highest BCUT2D eigenvalue weighted by molar-refractivity contribution is 6.33. The molecule has 0 aromatic heterocycles. The third-order valence-corrected chi connectivity index (χ3v) is 4.46. The number of rotatable bonds is 5. The fraction of sp³-hybridized carbons (Fsp3) is 0.556. The van der Waals surface area contributed by atoms with Gasteiger partial charge in [0.2, 0.25) is 5.91 Å². The lowest BCUT2D eigenvalue weighted by Crippen LogP contribution is -2.28. The Bertz CT molecular complexity index is 566. The first-order valence-electron chi connectivity index (χ1n) is 8.36. The summed E-state index contributed by atoms with van der Waals surface area (Å²) in [5.74, 6) is 0.296. The fourth-order valence-electron chi connectivity index (χ4n) is 2.76. The molecule has 2 N–H and O–H groups in total. The molecule has 0 atom stereocenters. The fourth-order valence-corrected chi connectivity index (χ4v) is 2.93. The van der Waals surface area contributed by atoms with Crippen LogP contribution in [0.1, 0.15) is 56.3 Å². The number of carbonyl (C=O) groups is 2. The van der Waals surface area contributed by atoms with Gasteiger partial charge in [-0.2, -0.15) is 0 Å². The van der Waals surface area contributed by atoms with Crippen LogP contribution in [0.2, 0.25) is 5.02 Å². The molecule has 2 rings (SSSR count). The Balaban J connectivity index is 2.04. The van der Waals surface area contributed by atoms with Gasteiger partial charge in [0.05, 0.1) is 10.7 Å². The quantitative estimate of drug-likeness (QED) is 0.844. The maximum Gasteiger partial charge on any atom is 0.251 e. The van der Waals surface area contributed by atoms with Crippen LogP contribution in [0, 0.1) is 11.8 Å². The van der Waals surface area contributed by atoms with E-state index in [-0.39, 0.29) is 17.7 Å². The summed E-state index contributed by atoms with van der Waals surface area (Å²) in [6.45, 7) is 4.70. The van der Waals surface area contributed by atoms with E-state index >= 15 is 0 Å². The smallest absolute Gasteiger partial charge is 0.251 e. The van der Waals surface area contributed by atoms with Crippen molar-refractivity contribution in [1.82, 2.24) is 5.32 Å². The summed E-state index contributed by atoms with van der Waals surface area (Å²) in [5.41, 5.74) is 1.02. The molecule has 0 bridgehead atoms. The Morgan fingerprint density at radius 3 is 2.57 bits per heavy atom. The molecule has 5 heteroatoms. The molecule has 4 nitrogen and oxygen atoms in total. The van der Waals surface area contributed by atoms with Gasteiger partial charge in [-0.15, -0.1) is 0 Å². The van der Waals surface area contributed by atoms with Crippen molar-refractivity contribution >= 4 is 29.1 Å². The van der Waals surface area contributed by atoms with Crippen LogP contribution in [0.5, 0.6) is 0 Å². The van der Waals surface area contributed by atoms with Gasteiger partial charge < -0.3 is 10.6 Å². The second-order valence-corrected chi connectivity index (χ2v) is 7.03. The van der Waals surface area contributed by atoms with Gasteiger partial charge in [0.25, 0.3) is 5.91 Å². The number of halogens is 1. The summed E-state index contributed by atoms with van der Waals surface area (Å²) in [6.07, 6.45) is 5.26. The van der Waals surface area contributed by atoms with Crippen LogP contribution in [0.15, 0.2) is 18.2 Å². The summed E-state index contributed by atoms with van der Waals surface area (Å²) in [5, 5.41) is 6.21. The molecule has 1 aromatic rings. The van der Waals surface area contributed by atoms with Crippen molar-refractivity contribution in [2.45, 2.75) is 46.0 Å². The predicted molar refractivity (Wildman–Crippen MR) is 93.8 cm³/mol. The first kappa shape index (κ1) is 17.8. The first-order chi connectivity index (χ1) is 11.0. The summed E-state index contributed by atoms with van der Waals surface area (Å²) in [7, 11) is 0. The van der Waals surface area contributed by atoms with Gasteiger partial charge in [-0.05, 0) is 37.0 Å². The topological polar surface area (TPSA) is 58.2 Å². The van der Waals surface area contributed by atoms with Crippen LogP contribution < -0.4 is 10.6 Å². The number of nitrogens with one attached hydrogen (secondary N) is 2. The Kier molecular flexibility index (Phi) is 6.46. The van der Waals surface area contributed by atoms with Crippen molar-refractivity contribution in [3.8, 4) is 0 Å². The molecule has 0 radical (unpaired) electrons.